The fourth-order valence-electron chi connectivity index (χ4n) is 2.82. The first-order chi connectivity index (χ1) is 13.2. The lowest BCUT2D eigenvalue weighted by Gasteiger charge is -2.11. The molecule has 4 rings (SSSR count). The Morgan fingerprint density at radius 3 is 2.74 bits per heavy atom. The highest BCUT2D eigenvalue weighted by Gasteiger charge is 2.18. The standard InChI is InChI=1S/C19H16FN5OS/c1-27-19-22-10-16(25(19)13-8-6-12(20)7-9-13)18(26)21-11-17-23-14-4-2-3-5-15(14)24-17/h2-10H,11H2,1H3,(H,21,26)(H,23,24). The second-order valence-corrected chi connectivity index (χ2v) is 6.60. The van der Waals surface area contributed by atoms with Gasteiger partial charge in [-0.25, -0.2) is 14.4 Å². The van der Waals surface area contributed by atoms with Crippen LogP contribution in [0.2, 0.25) is 0 Å². The van der Waals surface area contributed by atoms with Crippen molar-refractivity contribution in [3.8, 4) is 5.69 Å². The highest BCUT2D eigenvalue weighted by atomic mass is 32.2. The van der Waals surface area contributed by atoms with E-state index in [0.29, 0.717) is 22.4 Å². The van der Waals surface area contributed by atoms with Crippen molar-refractivity contribution in [1.29, 1.82) is 0 Å². The van der Waals surface area contributed by atoms with E-state index in [9.17, 15) is 9.18 Å². The smallest absolute Gasteiger partial charge is 0.270 e. The van der Waals surface area contributed by atoms with Gasteiger partial charge < -0.3 is 10.3 Å². The van der Waals surface area contributed by atoms with Gasteiger partial charge in [-0.05, 0) is 42.7 Å². The monoisotopic (exact) mass is 381 g/mol. The predicted octanol–water partition coefficient (Wildman–Crippen LogP) is 3.54. The number of benzene rings is 2. The van der Waals surface area contributed by atoms with Crippen LogP contribution in [0.25, 0.3) is 16.7 Å². The van der Waals surface area contributed by atoms with Crippen LogP contribution in [0.15, 0.2) is 59.9 Å². The van der Waals surface area contributed by atoms with Gasteiger partial charge in [0.1, 0.15) is 17.3 Å². The molecular formula is C19H16FN5OS. The molecule has 0 fully saturated rings. The molecule has 0 aliphatic rings. The first kappa shape index (κ1) is 17.3. The largest absolute Gasteiger partial charge is 0.343 e. The molecule has 0 saturated carbocycles. The third-order valence-corrected chi connectivity index (χ3v) is 4.74. The maximum absolute atomic E-state index is 13.2. The Kier molecular flexibility index (Phi) is 4.64. The number of thioether (sulfide) groups is 1. The fourth-order valence-corrected chi connectivity index (χ4v) is 3.37. The van der Waals surface area contributed by atoms with Gasteiger partial charge in [0.05, 0.1) is 23.8 Å². The molecule has 2 heterocycles. The number of aromatic amines is 1. The Morgan fingerprint density at radius 2 is 2.00 bits per heavy atom. The van der Waals surface area contributed by atoms with E-state index in [-0.39, 0.29) is 18.3 Å². The zero-order valence-electron chi connectivity index (χ0n) is 14.4. The average Bonchev–Trinajstić information content (AvgIpc) is 3.30. The lowest BCUT2D eigenvalue weighted by Crippen LogP contribution is -2.25. The quantitative estimate of drug-likeness (QED) is 0.519. The van der Waals surface area contributed by atoms with Crippen molar-refractivity contribution in [2.24, 2.45) is 0 Å². The van der Waals surface area contributed by atoms with Crippen molar-refractivity contribution in [2.75, 3.05) is 6.26 Å². The summed E-state index contributed by atoms with van der Waals surface area (Å²) in [5.41, 5.74) is 2.82. The highest BCUT2D eigenvalue weighted by Crippen LogP contribution is 2.22. The van der Waals surface area contributed by atoms with Crippen LogP contribution >= 0.6 is 11.8 Å². The minimum absolute atomic E-state index is 0.261. The summed E-state index contributed by atoms with van der Waals surface area (Å²) in [6.45, 7) is 0.261. The number of amides is 1. The minimum atomic E-state index is -0.333. The van der Waals surface area contributed by atoms with Gasteiger partial charge in [0.15, 0.2) is 5.16 Å². The molecule has 0 radical (unpaired) electrons. The third-order valence-electron chi connectivity index (χ3n) is 4.08. The van der Waals surface area contributed by atoms with Crippen LogP contribution in [0.4, 0.5) is 4.39 Å². The molecule has 6 nitrogen and oxygen atoms in total. The summed E-state index contributed by atoms with van der Waals surface area (Å²) in [5.74, 6) is 0.0514. The summed E-state index contributed by atoms with van der Waals surface area (Å²) in [4.78, 5) is 24.6. The summed E-state index contributed by atoms with van der Waals surface area (Å²) in [6, 6.07) is 13.6. The molecule has 0 spiro atoms. The van der Waals surface area contributed by atoms with Gasteiger partial charge in [-0.1, -0.05) is 23.9 Å². The number of imidazole rings is 2. The summed E-state index contributed by atoms with van der Waals surface area (Å²) in [6.07, 6.45) is 3.39. The molecular weight excluding hydrogens is 365 g/mol. The number of carbonyl (C=O) groups excluding carboxylic acids is 1. The molecule has 1 amide bonds. The number of halogens is 1. The summed E-state index contributed by atoms with van der Waals surface area (Å²) in [7, 11) is 0. The van der Waals surface area contributed by atoms with Crippen LogP contribution in [0.3, 0.4) is 0 Å². The van der Waals surface area contributed by atoms with E-state index in [2.05, 4.69) is 20.3 Å². The van der Waals surface area contributed by atoms with E-state index in [4.69, 9.17) is 0 Å². The number of nitrogens with zero attached hydrogens (tertiary/aromatic N) is 3. The van der Waals surface area contributed by atoms with E-state index in [1.54, 1.807) is 16.7 Å². The summed E-state index contributed by atoms with van der Waals surface area (Å²) < 4.78 is 15.0. The molecule has 136 valence electrons. The van der Waals surface area contributed by atoms with Gasteiger partial charge in [0.25, 0.3) is 5.91 Å². The zero-order valence-corrected chi connectivity index (χ0v) is 15.3. The van der Waals surface area contributed by atoms with Crippen molar-refractivity contribution in [1.82, 2.24) is 24.8 Å². The van der Waals surface area contributed by atoms with E-state index in [0.717, 1.165) is 11.0 Å². The van der Waals surface area contributed by atoms with Gasteiger partial charge in [-0.3, -0.25) is 9.36 Å². The summed E-state index contributed by atoms with van der Waals surface area (Å²) >= 11 is 1.41. The fraction of sp³-hybridized carbons (Fsp3) is 0.105. The number of carbonyl (C=O) groups is 1. The Morgan fingerprint density at radius 1 is 1.22 bits per heavy atom. The predicted molar refractivity (Wildman–Crippen MR) is 103 cm³/mol. The number of fused-ring (bicyclic) bond motifs is 1. The first-order valence-corrected chi connectivity index (χ1v) is 9.47. The van der Waals surface area contributed by atoms with Crippen LogP contribution in [0.1, 0.15) is 16.3 Å². The Labute approximate surface area is 158 Å². The van der Waals surface area contributed by atoms with Crippen molar-refractivity contribution in [2.45, 2.75) is 11.7 Å². The maximum Gasteiger partial charge on any atom is 0.270 e. The summed E-state index contributed by atoms with van der Waals surface area (Å²) in [5, 5.41) is 3.51. The molecule has 8 heteroatoms. The van der Waals surface area contributed by atoms with Gasteiger partial charge in [-0.15, -0.1) is 0 Å². The second-order valence-electron chi connectivity index (χ2n) is 5.83. The van der Waals surface area contributed by atoms with Crippen LogP contribution in [-0.2, 0) is 6.54 Å². The topological polar surface area (TPSA) is 75.6 Å². The normalized spacial score (nSPS) is 11.0. The van der Waals surface area contributed by atoms with Crippen molar-refractivity contribution >= 4 is 28.7 Å². The molecule has 2 aromatic carbocycles. The van der Waals surface area contributed by atoms with Gasteiger partial charge in [0.2, 0.25) is 0 Å². The van der Waals surface area contributed by atoms with E-state index < -0.39 is 0 Å². The number of hydrogen-bond donors (Lipinski definition) is 2. The number of aromatic nitrogens is 4. The zero-order chi connectivity index (χ0) is 18.8. The molecule has 27 heavy (non-hydrogen) atoms. The molecule has 0 unspecified atom stereocenters. The average molecular weight is 381 g/mol. The number of hydrogen-bond acceptors (Lipinski definition) is 4. The molecule has 0 saturated heterocycles. The van der Waals surface area contributed by atoms with Crippen LogP contribution in [-0.4, -0.2) is 31.7 Å². The number of nitrogens with one attached hydrogen (secondary N) is 2. The lowest BCUT2D eigenvalue weighted by molar-refractivity contribution is 0.0942. The Hall–Kier alpha value is -3.13. The molecule has 2 aromatic heterocycles. The molecule has 2 N–H and O–H groups in total. The molecule has 4 aromatic rings. The van der Waals surface area contributed by atoms with E-state index in [1.807, 2.05) is 30.5 Å². The maximum atomic E-state index is 13.2. The molecule has 0 aliphatic carbocycles. The van der Waals surface area contributed by atoms with Crippen LogP contribution < -0.4 is 5.32 Å². The van der Waals surface area contributed by atoms with Gasteiger partial charge in [0, 0.05) is 5.69 Å². The molecule has 0 aliphatic heterocycles. The number of rotatable bonds is 5. The highest BCUT2D eigenvalue weighted by molar-refractivity contribution is 7.98. The molecule has 0 bridgehead atoms. The van der Waals surface area contributed by atoms with Crippen molar-refractivity contribution < 1.29 is 9.18 Å². The van der Waals surface area contributed by atoms with Crippen LogP contribution in [0.5, 0.6) is 0 Å². The Balaban J connectivity index is 1.58. The minimum Gasteiger partial charge on any atom is -0.343 e. The SMILES string of the molecule is CSc1ncc(C(=O)NCc2nc3ccccc3[nH]2)n1-c1ccc(F)cc1. The van der Waals surface area contributed by atoms with E-state index >= 15 is 0 Å². The van der Waals surface area contributed by atoms with Crippen molar-refractivity contribution in [3.63, 3.8) is 0 Å². The molecule has 0 atom stereocenters. The van der Waals surface area contributed by atoms with E-state index in [1.165, 1.54) is 30.1 Å². The third kappa shape index (κ3) is 3.43. The Bertz CT molecular complexity index is 1070. The van der Waals surface area contributed by atoms with Gasteiger partial charge in [-0.2, -0.15) is 0 Å². The second kappa shape index (κ2) is 7.24. The number of H-pyrrole nitrogens is 1. The lowest BCUT2D eigenvalue weighted by atomic mass is 10.3. The number of para-hydroxylation sites is 2. The van der Waals surface area contributed by atoms with Crippen LogP contribution in [0, 0.1) is 5.82 Å². The first-order valence-electron chi connectivity index (χ1n) is 8.25. The van der Waals surface area contributed by atoms with Crippen molar-refractivity contribution in [3.05, 3.63) is 72.1 Å². The van der Waals surface area contributed by atoms with Gasteiger partial charge >= 0.3 is 0 Å².